The number of hydrogen-bond donors (Lipinski definition) is 2. The molecule has 0 atom stereocenters. The van der Waals surface area contributed by atoms with Gasteiger partial charge in [0, 0.05) is 19.6 Å². The molecule has 7 nitrogen and oxygen atoms in total. The minimum atomic E-state index is -3.89. The van der Waals surface area contributed by atoms with Gasteiger partial charge in [-0.25, -0.2) is 17.5 Å². The topological polar surface area (TPSA) is 82.1 Å². The summed E-state index contributed by atoms with van der Waals surface area (Å²) in [6.07, 6.45) is 1.87. The first kappa shape index (κ1) is 25.1. The van der Waals surface area contributed by atoms with Crippen LogP contribution in [0.15, 0.2) is 41.3 Å². The smallest absolute Gasteiger partial charge is 0.244 e. The molecule has 0 heterocycles. The number of hydrogen-bond acceptors (Lipinski definition) is 6. The summed E-state index contributed by atoms with van der Waals surface area (Å²) in [5.74, 6) is 0.0462. The second kappa shape index (κ2) is 11.4. The van der Waals surface area contributed by atoms with E-state index in [9.17, 15) is 17.9 Å². The zero-order chi connectivity index (χ0) is 23.0. The Morgan fingerprint density at radius 3 is 2.32 bits per heavy atom. The molecule has 0 saturated carbocycles. The monoisotopic (exact) mass is 453 g/mol. The maximum Gasteiger partial charge on any atom is 0.244 e. The molecule has 0 unspecified atom stereocenters. The Morgan fingerprint density at radius 1 is 1.10 bits per heavy atom. The Hall–Kier alpha value is -2.20. The van der Waals surface area contributed by atoms with Gasteiger partial charge in [-0.2, -0.15) is 0 Å². The summed E-state index contributed by atoms with van der Waals surface area (Å²) in [6.45, 7) is 3.85. The Morgan fingerprint density at radius 2 is 1.77 bits per heavy atom. The number of halogens is 1. The molecule has 31 heavy (non-hydrogen) atoms. The van der Waals surface area contributed by atoms with E-state index >= 15 is 0 Å². The van der Waals surface area contributed by atoms with Crippen molar-refractivity contribution in [1.82, 2.24) is 9.62 Å². The molecular weight excluding hydrogens is 421 g/mol. The van der Waals surface area contributed by atoms with E-state index in [1.807, 2.05) is 19.0 Å². The highest BCUT2D eigenvalue weighted by Crippen LogP contribution is 2.40. The first-order chi connectivity index (χ1) is 14.7. The van der Waals surface area contributed by atoms with Crippen LogP contribution in [0, 0.1) is 5.82 Å². The van der Waals surface area contributed by atoms with Gasteiger partial charge in [-0.15, -0.1) is 0 Å². The van der Waals surface area contributed by atoms with Crippen molar-refractivity contribution in [2.45, 2.75) is 31.3 Å². The molecule has 9 heteroatoms. The number of ether oxygens (including phenoxy) is 1. The van der Waals surface area contributed by atoms with Crippen LogP contribution in [0.1, 0.15) is 25.3 Å². The highest BCUT2D eigenvalue weighted by molar-refractivity contribution is 7.89. The molecule has 0 radical (unpaired) electrons. The number of likely N-dealkylation sites (N-methyl/N-ethyl adjacent to an activating group) is 1. The van der Waals surface area contributed by atoms with Crippen molar-refractivity contribution in [3.05, 3.63) is 47.8 Å². The van der Waals surface area contributed by atoms with Crippen molar-refractivity contribution in [3.8, 4) is 11.5 Å². The number of aliphatic hydroxyl groups excluding tert-OH is 1. The number of aliphatic hydroxyl groups is 1. The molecule has 0 aliphatic carbocycles. The van der Waals surface area contributed by atoms with Crippen molar-refractivity contribution in [2.75, 3.05) is 45.7 Å². The molecule has 172 valence electrons. The summed E-state index contributed by atoms with van der Waals surface area (Å²) in [6, 6.07) is 8.56. The van der Waals surface area contributed by atoms with E-state index in [0.717, 1.165) is 19.4 Å². The first-order valence-electron chi connectivity index (χ1n) is 10.3. The van der Waals surface area contributed by atoms with Gasteiger partial charge in [-0.1, -0.05) is 13.3 Å². The number of benzene rings is 2. The average Bonchev–Trinajstić information content (AvgIpc) is 2.75. The zero-order valence-electron chi connectivity index (χ0n) is 18.6. The number of nitrogens with zero attached hydrogens (tertiary/aromatic N) is 2. The predicted octanol–water partition coefficient (Wildman–Crippen LogP) is 3.19. The Bertz CT molecular complexity index is 950. The number of unbranched alkanes of at least 4 members (excludes halogenated alkanes) is 1. The lowest BCUT2D eigenvalue weighted by Crippen LogP contribution is -2.33. The summed E-state index contributed by atoms with van der Waals surface area (Å²) in [5, 5.41) is 9.79. The van der Waals surface area contributed by atoms with Crippen molar-refractivity contribution in [2.24, 2.45) is 0 Å². The predicted molar refractivity (Wildman–Crippen MR) is 121 cm³/mol. The first-order valence-corrected chi connectivity index (χ1v) is 11.7. The summed E-state index contributed by atoms with van der Waals surface area (Å²) in [5.41, 5.74) is 1.03. The van der Waals surface area contributed by atoms with Gasteiger partial charge in [-0.3, -0.25) is 0 Å². The summed E-state index contributed by atoms with van der Waals surface area (Å²) < 4.78 is 47.4. The molecule has 0 aliphatic rings. The average molecular weight is 454 g/mol. The number of rotatable bonds is 12. The van der Waals surface area contributed by atoms with Gasteiger partial charge < -0.3 is 19.6 Å². The minimum absolute atomic E-state index is 0.0766. The maximum absolute atomic E-state index is 13.4. The van der Waals surface area contributed by atoms with E-state index in [1.165, 1.54) is 37.4 Å². The van der Waals surface area contributed by atoms with Crippen molar-refractivity contribution < 1.29 is 22.7 Å². The molecule has 2 aromatic rings. The third-order valence-electron chi connectivity index (χ3n) is 4.81. The van der Waals surface area contributed by atoms with E-state index in [0.29, 0.717) is 30.1 Å². The van der Waals surface area contributed by atoms with Crippen LogP contribution in [0.4, 0.5) is 10.1 Å². The SMILES string of the molecule is CCCCN(CCN(C)C)c1cc(CO)cc(S(=O)(=O)NC)c1Oc1ccc(F)cc1. The third-order valence-corrected chi connectivity index (χ3v) is 6.23. The molecule has 2 N–H and O–H groups in total. The van der Waals surface area contributed by atoms with E-state index in [-0.39, 0.29) is 17.3 Å². The third kappa shape index (κ3) is 6.90. The Balaban J connectivity index is 2.68. The molecule has 0 aromatic heterocycles. The molecule has 0 aliphatic heterocycles. The van der Waals surface area contributed by atoms with Crippen LogP contribution < -0.4 is 14.4 Å². The van der Waals surface area contributed by atoms with Crippen molar-refractivity contribution in [3.63, 3.8) is 0 Å². The lowest BCUT2D eigenvalue weighted by atomic mass is 10.1. The molecule has 0 bridgehead atoms. The second-order valence-corrected chi connectivity index (χ2v) is 9.36. The zero-order valence-corrected chi connectivity index (χ0v) is 19.4. The fourth-order valence-electron chi connectivity index (χ4n) is 3.02. The molecule has 0 spiro atoms. The van der Waals surface area contributed by atoms with Gasteiger partial charge in [-0.05, 0) is 69.5 Å². The summed E-state index contributed by atoms with van der Waals surface area (Å²) in [7, 11) is 1.36. The Kier molecular flexibility index (Phi) is 9.24. The van der Waals surface area contributed by atoms with Gasteiger partial charge in [0.1, 0.15) is 16.5 Å². The van der Waals surface area contributed by atoms with E-state index in [4.69, 9.17) is 4.74 Å². The molecular formula is C22H32FN3O4S. The van der Waals surface area contributed by atoms with Crippen LogP contribution in [0.5, 0.6) is 11.5 Å². The van der Waals surface area contributed by atoms with Crippen LogP contribution >= 0.6 is 0 Å². The molecule has 0 fully saturated rings. The van der Waals surface area contributed by atoms with Crippen molar-refractivity contribution >= 4 is 15.7 Å². The molecule has 2 rings (SSSR count). The number of nitrogens with one attached hydrogen (secondary N) is 1. The van der Waals surface area contributed by atoms with Crippen LogP contribution in [0.2, 0.25) is 0 Å². The maximum atomic E-state index is 13.4. The van der Waals surface area contributed by atoms with E-state index in [1.54, 1.807) is 6.07 Å². The largest absolute Gasteiger partial charge is 0.454 e. The highest BCUT2D eigenvalue weighted by Gasteiger charge is 2.26. The van der Waals surface area contributed by atoms with Gasteiger partial charge in [0.05, 0.1) is 12.3 Å². The van der Waals surface area contributed by atoms with Gasteiger partial charge in [0.15, 0.2) is 5.75 Å². The van der Waals surface area contributed by atoms with Gasteiger partial charge >= 0.3 is 0 Å². The second-order valence-electron chi connectivity index (χ2n) is 7.51. The molecule has 2 aromatic carbocycles. The fourth-order valence-corrected chi connectivity index (χ4v) is 3.94. The lowest BCUT2D eigenvalue weighted by Gasteiger charge is -2.29. The van der Waals surface area contributed by atoms with Crippen molar-refractivity contribution in [1.29, 1.82) is 0 Å². The lowest BCUT2D eigenvalue weighted by molar-refractivity contribution is 0.281. The highest BCUT2D eigenvalue weighted by atomic mass is 32.2. The Labute approximate surface area is 184 Å². The molecule has 0 saturated heterocycles. The summed E-state index contributed by atoms with van der Waals surface area (Å²) >= 11 is 0. The van der Waals surface area contributed by atoms with Crippen LogP contribution in [0.3, 0.4) is 0 Å². The van der Waals surface area contributed by atoms with Gasteiger partial charge in [0.2, 0.25) is 10.0 Å². The molecule has 0 amide bonds. The van der Waals surface area contributed by atoms with Gasteiger partial charge in [0.25, 0.3) is 0 Å². The fraction of sp³-hybridized carbons (Fsp3) is 0.455. The number of anilines is 1. The van der Waals surface area contributed by atoms with E-state index in [2.05, 4.69) is 16.5 Å². The summed E-state index contributed by atoms with van der Waals surface area (Å²) in [4.78, 5) is 4.03. The standard InChI is InChI=1S/C22H32FN3O4S/c1-5-6-11-26(13-12-25(3)4)20-14-17(16-27)15-21(31(28,29)24-2)22(20)30-19-9-7-18(23)8-10-19/h7-10,14-15,24,27H,5-6,11-13,16H2,1-4H3. The van der Waals surface area contributed by atoms with Crippen LogP contribution in [-0.2, 0) is 16.6 Å². The van der Waals surface area contributed by atoms with E-state index < -0.39 is 15.8 Å². The van der Waals surface area contributed by atoms with Crippen LogP contribution in [-0.4, -0.2) is 59.2 Å². The quantitative estimate of drug-likeness (QED) is 0.514. The van der Waals surface area contributed by atoms with Crippen LogP contribution in [0.25, 0.3) is 0 Å². The normalized spacial score (nSPS) is 11.7. The number of sulfonamides is 1. The minimum Gasteiger partial charge on any atom is -0.454 e.